The molecule has 330 valence electrons. The number of nitrogens with two attached hydrogens (primary N) is 1. The number of hydrogen-bond acceptors (Lipinski definition) is 9. The number of esters is 2. The van der Waals surface area contributed by atoms with Crippen molar-refractivity contribution in [3.8, 4) is 0 Å². The molecule has 11 nitrogen and oxygen atoms in total. The summed E-state index contributed by atoms with van der Waals surface area (Å²) in [4.78, 5) is 45.9. The second kappa shape index (κ2) is 40.0. The van der Waals surface area contributed by atoms with E-state index in [1.807, 2.05) is 6.08 Å². The lowest BCUT2D eigenvalue weighted by Crippen LogP contribution is -2.34. The lowest BCUT2D eigenvalue weighted by atomic mass is 10.0. The fourth-order valence-electron chi connectivity index (χ4n) is 6.44. The molecular formula is C44H84NO10P. The van der Waals surface area contributed by atoms with E-state index in [1.54, 1.807) is 0 Å². The van der Waals surface area contributed by atoms with Gasteiger partial charge in [0, 0.05) is 12.8 Å². The molecule has 0 rings (SSSR count). The number of carboxylic acid groups (broad SMARTS) is 1. The van der Waals surface area contributed by atoms with E-state index in [-0.39, 0.29) is 19.4 Å². The van der Waals surface area contributed by atoms with Crippen LogP contribution in [0.2, 0.25) is 0 Å². The van der Waals surface area contributed by atoms with Crippen LogP contribution in [0.15, 0.2) is 12.2 Å². The van der Waals surface area contributed by atoms with Gasteiger partial charge in [-0.15, -0.1) is 0 Å². The maximum Gasteiger partial charge on any atom is 0.472 e. The van der Waals surface area contributed by atoms with Crippen molar-refractivity contribution in [2.75, 3.05) is 19.8 Å². The first-order chi connectivity index (χ1) is 27.1. The van der Waals surface area contributed by atoms with Crippen LogP contribution in [0.3, 0.4) is 0 Å². The molecule has 0 saturated heterocycles. The highest BCUT2D eigenvalue weighted by molar-refractivity contribution is 7.47. The molecule has 0 radical (unpaired) electrons. The topological polar surface area (TPSA) is 172 Å². The van der Waals surface area contributed by atoms with Crippen molar-refractivity contribution in [1.29, 1.82) is 0 Å². The molecule has 0 aromatic rings. The van der Waals surface area contributed by atoms with Gasteiger partial charge in [0.15, 0.2) is 6.10 Å². The standard InChI is InChI=1S/C44H84NO10P/c1-3-5-7-9-11-13-15-17-19-20-22-24-26-28-30-32-34-36-43(47)55-40(38-53-56(50,51)54-39-41(45)44(48)49)37-52-42(46)35-33-31-29-27-25-23-21-18-16-14-12-10-8-6-4-2/h30,32,40-41H,3-29,31,33-39,45H2,1-2H3,(H,48,49)(H,50,51). The Kier molecular flexibility index (Phi) is 38.7. The number of carbonyl (C=O) groups is 3. The second-order valence-electron chi connectivity index (χ2n) is 15.5. The fraction of sp³-hybridized carbons (Fsp3) is 0.886. The van der Waals surface area contributed by atoms with E-state index in [1.165, 1.54) is 148 Å². The predicted octanol–water partition coefficient (Wildman–Crippen LogP) is 12.1. The van der Waals surface area contributed by atoms with Crippen LogP contribution in [0.25, 0.3) is 0 Å². The van der Waals surface area contributed by atoms with Gasteiger partial charge in [0.1, 0.15) is 12.6 Å². The Labute approximate surface area is 341 Å². The van der Waals surface area contributed by atoms with Gasteiger partial charge in [-0.05, 0) is 25.7 Å². The number of ether oxygens (including phenoxy) is 2. The minimum Gasteiger partial charge on any atom is -0.480 e. The third kappa shape index (κ3) is 39.1. The Morgan fingerprint density at radius 2 is 0.929 bits per heavy atom. The highest BCUT2D eigenvalue weighted by Crippen LogP contribution is 2.43. The number of carbonyl (C=O) groups excluding carboxylic acids is 2. The molecule has 0 aliphatic carbocycles. The Morgan fingerprint density at radius 1 is 0.536 bits per heavy atom. The Balaban J connectivity index is 4.34. The van der Waals surface area contributed by atoms with Crippen molar-refractivity contribution in [2.45, 2.75) is 231 Å². The van der Waals surface area contributed by atoms with Gasteiger partial charge >= 0.3 is 25.7 Å². The summed E-state index contributed by atoms with van der Waals surface area (Å²) < 4.78 is 32.7. The number of aliphatic carboxylic acids is 1. The first kappa shape index (κ1) is 54.2. The molecule has 3 unspecified atom stereocenters. The minimum atomic E-state index is -4.72. The molecule has 0 bridgehead atoms. The fourth-order valence-corrected chi connectivity index (χ4v) is 7.22. The summed E-state index contributed by atoms with van der Waals surface area (Å²) in [5.74, 6) is -2.42. The molecule has 0 fully saturated rings. The lowest BCUT2D eigenvalue weighted by molar-refractivity contribution is -0.161. The SMILES string of the molecule is CCCCCCCCCCCCCCCC=CCCC(=O)OC(COC(=O)CCCCCCCCCCCCCCCCC)COP(=O)(O)OCC(N)C(=O)O. The van der Waals surface area contributed by atoms with Gasteiger partial charge in [0.2, 0.25) is 0 Å². The van der Waals surface area contributed by atoms with Gasteiger partial charge in [-0.3, -0.25) is 23.4 Å². The minimum absolute atomic E-state index is 0.0828. The Hall–Kier alpha value is -1.78. The van der Waals surface area contributed by atoms with E-state index in [0.29, 0.717) is 12.8 Å². The van der Waals surface area contributed by atoms with Crippen LogP contribution in [-0.2, 0) is 37.5 Å². The zero-order valence-electron chi connectivity index (χ0n) is 35.7. The summed E-state index contributed by atoms with van der Waals surface area (Å²) in [6.07, 6.45) is 40.0. The Bertz CT molecular complexity index is 1010. The van der Waals surface area contributed by atoms with Crippen LogP contribution in [-0.4, -0.2) is 59.9 Å². The molecule has 0 aliphatic heterocycles. The molecule has 56 heavy (non-hydrogen) atoms. The zero-order valence-corrected chi connectivity index (χ0v) is 36.6. The van der Waals surface area contributed by atoms with Gasteiger partial charge in [0.25, 0.3) is 0 Å². The van der Waals surface area contributed by atoms with E-state index < -0.39 is 51.1 Å². The van der Waals surface area contributed by atoms with Gasteiger partial charge < -0.3 is 25.2 Å². The van der Waals surface area contributed by atoms with Crippen molar-refractivity contribution >= 4 is 25.7 Å². The molecule has 0 aromatic carbocycles. The van der Waals surface area contributed by atoms with Gasteiger partial charge in [0.05, 0.1) is 13.2 Å². The summed E-state index contributed by atoms with van der Waals surface area (Å²) in [6.45, 7) is 2.80. The maximum absolute atomic E-state index is 12.6. The van der Waals surface area contributed by atoms with E-state index >= 15 is 0 Å². The van der Waals surface area contributed by atoms with Crippen LogP contribution in [0.1, 0.15) is 219 Å². The molecule has 4 N–H and O–H groups in total. The molecular weight excluding hydrogens is 733 g/mol. The highest BCUT2D eigenvalue weighted by atomic mass is 31.2. The van der Waals surface area contributed by atoms with Crippen molar-refractivity contribution in [3.05, 3.63) is 12.2 Å². The van der Waals surface area contributed by atoms with Crippen LogP contribution in [0.5, 0.6) is 0 Å². The Morgan fingerprint density at radius 3 is 1.38 bits per heavy atom. The number of phosphoric acid groups is 1. The summed E-state index contributed by atoms with van der Waals surface area (Å²) in [6, 6.07) is -1.52. The molecule has 3 atom stereocenters. The number of unbranched alkanes of at least 4 members (excludes halogenated alkanes) is 27. The third-order valence-corrected chi connectivity index (χ3v) is 11.0. The van der Waals surface area contributed by atoms with Crippen molar-refractivity contribution in [2.24, 2.45) is 5.73 Å². The molecule has 12 heteroatoms. The van der Waals surface area contributed by atoms with Crippen molar-refractivity contribution in [1.82, 2.24) is 0 Å². The normalized spacial score (nSPS) is 13.8. The molecule has 0 spiro atoms. The van der Waals surface area contributed by atoms with Crippen LogP contribution >= 0.6 is 7.82 Å². The average molecular weight is 818 g/mol. The first-order valence-electron chi connectivity index (χ1n) is 22.7. The van der Waals surface area contributed by atoms with Crippen LogP contribution in [0.4, 0.5) is 0 Å². The predicted molar refractivity (Wildman–Crippen MR) is 226 cm³/mol. The highest BCUT2D eigenvalue weighted by Gasteiger charge is 2.28. The molecule has 0 amide bonds. The number of carboxylic acids is 1. The van der Waals surface area contributed by atoms with Gasteiger partial charge in [-0.1, -0.05) is 193 Å². The summed E-state index contributed by atoms with van der Waals surface area (Å²) in [7, 11) is -4.72. The van der Waals surface area contributed by atoms with E-state index in [2.05, 4.69) is 24.4 Å². The van der Waals surface area contributed by atoms with Crippen LogP contribution < -0.4 is 5.73 Å². The zero-order chi connectivity index (χ0) is 41.4. The summed E-state index contributed by atoms with van der Waals surface area (Å²) >= 11 is 0. The van der Waals surface area contributed by atoms with Gasteiger partial charge in [-0.25, -0.2) is 4.57 Å². The summed E-state index contributed by atoms with van der Waals surface area (Å²) in [5, 5.41) is 8.89. The first-order valence-corrected chi connectivity index (χ1v) is 24.2. The van der Waals surface area contributed by atoms with E-state index in [4.69, 9.17) is 24.8 Å². The molecule has 0 heterocycles. The van der Waals surface area contributed by atoms with E-state index in [9.17, 15) is 23.8 Å². The largest absolute Gasteiger partial charge is 0.480 e. The number of allylic oxidation sites excluding steroid dienone is 2. The van der Waals surface area contributed by atoms with Gasteiger partial charge in [-0.2, -0.15) is 0 Å². The lowest BCUT2D eigenvalue weighted by Gasteiger charge is -2.20. The summed E-state index contributed by atoms with van der Waals surface area (Å²) in [5.41, 5.74) is 5.33. The van der Waals surface area contributed by atoms with E-state index in [0.717, 1.165) is 32.1 Å². The smallest absolute Gasteiger partial charge is 0.472 e. The maximum atomic E-state index is 12.6. The number of phosphoric ester groups is 1. The van der Waals surface area contributed by atoms with Crippen molar-refractivity contribution in [3.63, 3.8) is 0 Å². The number of hydrogen-bond donors (Lipinski definition) is 3. The second-order valence-corrected chi connectivity index (χ2v) is 17.0. The molecule has 0 saturated carbocycles. The average Bonchev–Trinajstić information content (AvgIpc) is 3.17. The quantitative estimate of drug-likeness (QED) is 0.0231. The monoisotopic (exact) mass is 818 g/mol. The number of rotatable bonds is 43. The molecule has 0 aromatic heterocycles. The third-order valence-electron chi connectivity index (χ3n) is 10.0. The van der Waals surface area contributed by atoms with Crippen LogP contribution in [0, 0.1) is 0 Å². The van der Waals surface area contributed by atoms with Crippen molar-refractivity contribution < 1.29 is 47.5 Å². The molecule has 0 aliphatic rings.